The number of rotatable bonds is 5. The third kappa shape index (κ3) is 5.09. The molecule has 15 heavy (non-hydrogen) atoms. The second-order valence-electron chi connectivity index (χ2n) is 3.35. The van der Waals surface area contributed by atoms with Gasteiger partial charge in [-0.25, -0.2) is 0 Å². The van der Waals surface area contributed by atoms with Crippen LogP contribution in [0.1, 0.15) is 18.9 Å². The van der Waals surface area contributed by atoms with Crippen molar-refractivity contribution in [2.24, 2.45) is 0 Å². The predicted molar refractivity (Wildman–Crippen MR) is 64.5 cm³/mol. The number of carbonyl (C=O) groups is 1. The summed E-state index contributed by atoms with van der Waals surface area (Å²) in [7, 11) is 0. The molecule has 0 fully saturated rings. The predicted octanol–water partition coefficient (Wildman–Crippen LogP) is 3.44. The molecule has 0 aromatic heterocycles. The molecule has 82 valence electrons. The SMILES string of the molecule is CC(CC(=O)O)SCc1ccc(Cl)cc1. The Kier molecular flexibility index (Phi) is 4.99. The standard InChI is InChI=1S/C11H13ClO2S/c1-8(6-11(13)14)15-7-9-2-4-10(12)5-3-9/h2-5,8H,6-7H2,1H3,(H,13,14). The van der Waals surface area contributed by atoms with E-state index in [0.29, 0.717) is 0 Å². The highest BCUT2D eigenvalue weighted by molar-refractivity contribution is 7.99. The average molecular weight is 245 g/mol. The molecule has 1 N–H and O–H groups in total. The largest absolute Gasteiger partial charge is 0.481 e. The van der Waals surface area contributed by atoms with Crippen LogP contribution in [0.2, 0.25) is 5.02 Å². The Bertz CT molecular complexity index is 324. The summed E-state index contributed by atoms with van der Waals surface area (Å²) in [6.07, 6.45) is 0.207. The quantitative estimate of drug-likeness (QED) is 0.862. The van der Waals surface area contributed by atoms with Gasteiger partial charge in [-0.05, 0) is 17.7 Å². The minimum absolute atomic E-state index is 0.137. The van der Waals surface area contributed by atoms with E-state index in [1.807, 2.05) is 31.2 Å². The number of aliphatic carboxylic acids is 1. The van der Waals surface area contributed by atoms with Crippen molar-refractivity contribution in [2.45, 2.75) is 24.3 Å². The van der Waals surface area contributed by atoms with Gasteiger partial charge in [-0.15, -0.1) is 0 Å². The van der Waals surface area contributed by atoms with Gasteiger partial charge in [-0.3, -0.25) is 4.79 Å². The molecule has 4 heteroatoms. The highest BCUT2D eigenvalue weighted by Crippen LogP contribution is 2.21. The van der Waals surface area contributed by atoms with Crippen LogP contribution in [-0.2, 0) is 10.5 Å². The summed E-state index contributed by atoms with van der Waals surface area (Å²) in [4.78, 5) is 10.4. The van der Waals surface area contributed by atoms with E-state index < -0.39 is 5.97 Å². The van der Waals surface area contributed by atoms with Gasteiger partial charge in [0.05, 0.1) is 6.42 Å². The molecule has 0 aliphatic carbocycles. The second kappa shape index (κ2) is 6.03. The van der Waals surface area contributed by atoms with Crippen LogP contribution < -0.4 is 0 Å². The van der Waals surface area contributed by atoms with Crippen LogP contribution in [0.25, 0.3) is 0 Å². The monoisotopic (exact) mass is 244 g/mol. The first kappa shape index (κ1) is 12.4. The summed E-state index contributed by atoms with van der Waals surface area (Å²) in [6, 6.07) is 7.62. The van der Waals surface area contributed by atoms with E-state index in [1.165, 1.54) is 5.56 Å². The van der Waals surface area contributed by atoms with Crippen molar-refractivity contribution in [3.63, 3.8) is 0 Å². The van der Waals surface area contributed by atoms with Crippen molar-refractivity contribution in [3.05, 3.63) is 34.9 Å². The maximum atomic E-state index is 10.4. The maximum absolute atomic E-state index is 10.4. The Morgan fingerprint density at radius 2 is 2.07 bits per heavy atom. The molecule has 0 spiro atoms. The Morgan fingerprint density at radius 1 is 1.47 bits per heavy atom. The highest BCUT2D eigenvalue weighted by Gasteiger charge is 2.07. The van der Waals surface area contributed by atoms with Crippen LogP contribution >= 0.6 is 23.4 Å². The summed E-state index contributed by atoms with van der Waals surface area (Å²) < 4.78 is 0. The van der Waals surface area contributed by atoms with E-state index in [9.17, 15) is 4.79 Å². The van der Waals surface area contributed by atoms with Crippen molar-refractivity contribution in [1.82, 2.24) is 0 Å². The fourth-order valence-corrected chi connectivity index (χ4v) is 2.18. The maximum Gasteiger partial charge on any atom is 0.304 e. The van der Waals surface area contributed by atoms with Crippen LogP contribution in [-0.4, -0.2) is 16.3 Å². The van der Waals surface area contributed by atoms with Gasteiger partial charge in [-0.1, -0.05) is 30.7 Å². The summed E-state index contributed by atoms with van der Waals surface area (Å²) in [5.41, 5.74) is 1.17. The number of hydrogen-bond donors (Lipinski definition) is 1. The zero-order valence-corrected chi connectivity index (χ0v) is 10.0. The molecular formula is C11H13ClO2S. The van der Waals surface area contributed by atoms with Gasteiger partial charge >= 0.3 is 5.97 Å². The molecule has 0 aliphatic heterocycles. The lowest BCUT2D eigenvalue weighted by Gasteiger charge is -2.08. The molecule has 0 saturated heterocycles. The molecule has 1 atom stereocenters. The van der Waals surface area contributed by atoms with Crippen molar-refractivity contribution in [2.75, 3.05) is 0 Å². The van der Waals surface area contributed by atoms with Crippen LogP contribution in [0.15, 0.2) is 24.3 Å². The molecule has 0 heterocycles. The van der Waals surface area contributed by atoms with Crippen molar-refractivity contribution < 1.29 is 9.90 Å². The molecule has 1 aromatic carbocycles. The molecule has 1 unspecified atom stereocenters. The summed E-state index contributed by atoms with van der Waals surface area (Å²) in [6.45, 7) is 1.93. The van der Waals surface area contributed by atoms with Crippen molar-refractivity contribution in [3.8, 4) is 0 Å². The Hall–Kier alpha value is -0.670. The first-order chi connectivity index (χ1) is 7.08. The molecule has 1 rings (SSSR count). The Labute approximate surface area is 98.6 Å². The fraction of sp³-hybridized carbons (Fsp3) is 0.364. The summed E-state index contributed by atoms with van der Waals surface area (Å²) in [5.74, 6) is 0.0807. The lowest BCUT2D eigenvalue weighted by Crippen LogP contribution is -2.05. The minimum Gasteiger partial charge on any atom is -0.481 e. The third-order valence-corrected chi connectivity index (χ3v) is 3.40. The molecule has 2 nitrogen and oxygen atoms in total. The zero-order chi connectivity index (χ0) is 11.3. The number of halogens is 1. The molecule has 0 aliphatic rings. The lowest BCUT2D eigenvalue weighted by atomic mass is 10.2. The summed E-state index contributed by atoms with van der Waals surface area (Å²) >= 11 is 7.40. The van der Waals surface area contributed by atoms with Gasteiger partial charge in [-0.2, -0.15) is 11.8 Å². The first-order valence-electron chi connectivity index (χ1n) is 4.66. The van der Waals surface area contributed by atoms with Gasteiger partial charge in [0.25, 0.3) is 0 Å². The number of benzene rings is 1. The van der Waals surface area contributed by atoms with E-state index in [1.54, 1.807) is 11.8 Å². The topological polar surface area (TPSA) is 37.3 Å². The molecule has 1 aromatic rings. The van der Waals surface area contributed by atoms with Crippen LogP contribution in [0, 0.1) is 0 Å². The van der Waals surface area contributed by atoms with Gasteiger partial charge in [0.1, 0.15) is 0 Å². The van der Waals surface area contributed by atoms with Gasteiger partial charge < -0.3 is 5.11 Å². The van der Waals surface area contributed by atoms with E-state index in [0.717, 1.165) is 10.8 Å². The first-order valence-corrected chi connectivity index (χ1v) is 6.08. The molecule has 0 radical (unpaired) electrons. The molecule has 0 amide bonds. The fourth-order valence-electron chi connectivity index (χ4n) is 1.12. The molecular weight excluding hydrogens is 232 g/mol. The van der Waals surface area contributed by atoms with Crippen LogP contribution in [0.3, 0.4) is 0 Å². The van der Waals surface area contributed by atoms with Gasteiger partial charge in [0.2, 0.25) is 0 Å². The van der Waals surface area contributed by atoms with Gasteiger partial charge in [0, 0.05) is 16.0 Å². The summed E-state index contributed by atoms with van der Waals surface area (Å²) in [5, 5.41) is 9.45. The lowest BCUT2D eigenvalue weighted by molar-refractivity contribution is -0.136. The second-order valence-corrected chi connectivity index (χ2v) is 5.21. The molecule has 0 saturated carbocycles. The average Bonchev–Trinajstić information content (AvgIpc) is 2.16. The number of carboxylic acid groups (broad SMARTS) is 1. The smallest absolute Gasteiger partial charge is 0.304 e. The Morgan fingerprint density at radius 3 is 2.60 bits per heavy atom. The van der Waals surface area contributed by atoms with Crippen LogP contribution in [0.4, 0.5) is 0 Å². The molecule has 0 bridgehead atoms. The number of carboxylic acids is 1. The van der Waals surface area contributed by atoms with E-state index in [2.05, 4.69) is 0 Å². The normalized spacial score (nSPS) is 12.4. The van der Waals surface area contributed by atoms with E-state index >= 15 is 0 Å². The highest BCUT2D eigenvalue weighted by atomic mass is 35.5. The zero-order valence-electron chi connectivity index (χ0n) is 8.44. The van der Waals surface area contributed by atoms with Crippen molar-refractivity contribution >= 4 is 29.3 Å². The third-order valence-electron chi connectivity index (χ3n) is 1.91. The Balaban J connectivity index is 2.36. The number of thioether (sulfide) groups is 1. The minimum atomic E-state index is -0.744. The number of hydrogen-bond acceptors (Lipinski definition) is 2. The van der Waals surface area contributed by atoms with E-state index in [-0.39, 0.29) is 11.7 Å². The van der Waals surface area contributed by atoms with E-state index in [4.69, 9.17) is 16.7 Å². The van der Waals surface area contributed by atoms with Crippen LogP contribution in [0.5, 0.6) is 0 Å². The van der Waals surface area contributed by atoms with Crippen molar-refractivity contribution in [1.29, 1.82) is 0 Å². The van der Waals surface area contributed by atoms with Gasteiger partial charge in [0.15, 0.2) is 0 Å².